The molecule has 4 heteroatoms. The molecule has 1 unspecified atom stereocenters. The number of unbranched alkanes of at least 4 members (excludes halogenated alkanes) is 3. The van der Waals surface area contributed by atoms with Crippen LogP contribution in [0.1, 0.15) is 52.4 Å². The zero-order valence-electron chi connectivity index (χ0n) is 12.2. The number of ether oxygens (including phenoxy) is 2. The molecule has 0 fully saturated rings. The predicted octanol–water partition coefficient (Wildman–Crippen LogP) is 3.26. The zero-order chi connectivity index (χ0) is 14.5. The lowest BCUT2D eigenvalue weighted by Crippen LogP contribution is -2.19. The summed E-state index contributed by atoms with van der Waals surface area (Å²) in [5, 5.41) is 0. The summed E-state index contributed by atoms with van der Waals surface area (Å²) in [6.45, 7) is 8.02. The monoisotopic (exact) mass is 270 g/mol. The Morgan fingerprint density at radius 2 is 1.79 bits per heavy atom. The number of carbonyl (C=O) groups excluding carboxylic acids is 2. The minimum absolute atomic E-state index is 0.0588. The second kappa shape index (κ2) is 11.8. The lowest BCUT2D eigenvalue weighted by molar-refractivity contribution is -0.147. The SMILES string of the molecule is C=CC(=O)OCC(CC)COC(=O)CCCCCC. The molecule has 0 N–H and O–H groups in total. The van der Waals surface area contributed by atoms with Gasteiger partial charge in [0, 0.05) is 18.4 Å². The Labute approximate surface area is 116 Å². The van der Waals surface area contributed by atoms with Crippen LogP contribution in [0.15, 0.2) is 12.7 Å². The highest BCUT2D eigenvalue weighted by Gasteiger charge is 2.12. The lowest BCUT2D eigenvalue weighted by Gasteiger charge is -2.14. The largest absolute Gasteiger partial charge is 0.465 e. The first-order valence-corrected chi connectivity index (χ1v) is 7.08. The summed E-state index contributed by atoms with van der Waals surface area (Å²) >= 11 is 0. The molecule has 110 valence electrons. The van der Waals surface area contributed by atoms with Gasteiger partial charge in [-0.15, -0.1) is 0 Å². The second-order valence-electron chi connectivity index (χ2n) is 4.60. The molecule has 0 aromatic heterocycles. The van der Waals surface area contributed by atoms with Crippen LogP contribution in [0.5, 0.6) is 0 Å². The molecule has 0 radical (unpaired) electrons. The Morgan fingerprint density at radius 3 is 2.37 bits per heavy atom. The molecule has 0 saturated carbocycles. The van der Waals surface area contributed by atoms with Gasteiger partial charge < -0.3 is 9.47 Å². The summed E-state index contributed by atoms with van der Waals surface area (Å²) < 4.78 is 10.1. The third kappa shape index (κ3) is 10.3. The van der Waals surface area contributed by atoms with Crippen molar-refractivity contribution >= 4 is 11.9 Å². The van der Waals surface area contributed by atoms with Gasteiger partial charge in [0.1, 0.15) is 0 Å². The smallest absolute Gasteiger partial charge is 0.330 e. The van der Waals surface area contributed by atoms with Crippen molar-refractivity contribution in [2.45, 2.75) is 52.4 Å². The molecule has 0 amide bonds. The fourth-order valence-corrected chi connectivity index (χ4v) is 1.52. The summed E-state index contributed by atoms with van der Waals surface area (Å²) in [7, 11) is 0. The Balaban J connectivity index is 3.71. The van der Waals surface area contributed by atoms with Crippen LogP contribution in [0.25, 0.3) is 0 Å². The van der Waals surface area contributed by atoms with Gasteiger partial charge in [-0.1, -0.05) is 39.7 Å². The Kier molecular flexibility index (Phi) is 10.9. The minimum atomic E-state index is -0.440. The van der Waals surface area contributed by atoms with E-state index in [0.717, 1.165) is 38.2 Å². The number of carbonyl (C=O) groups is 2. The van der Waals surface area contributed by atoms with E-state index < -0.39 is 5.97 Å². The third-order valence-corrected chi connectivity index (χ3v) is 2.92. The van der Waals surface area contributed by atoms with Gasteiger partial charge in [-0.25, -0.2) is 4.79 Å². The molecule has 1 atom stereocenters. The van der Waals surface area contributed by atoms with E-state index in [0.29, 0.717) is 13.0 Å². The summed E-state index contributed by atoms with van der Waals surface area (Å²) in [6.07, 6.45) is 6.67. The van der Waals surface area contributed by atoms with E-state index in [4.69, 9.17) is 9.47 Å². The van der Waals surface area contributed by atoms with Crippen LogP contribution < -0.4 is 0 Å². The average molecular weight is 270 g/mol. The predicted molar refractivity (Wildman–Crippen MR) is 74.7 cm³/mol. The highest BCUT2D eigenvalue weighted by atomic mass is 16.5. The van der Waals surface area contributed by atoms with Crippen molar-refractivity contribution in [1.29, 1.82) is 0 Å². The molecule has 0 saturated heterocycles. The highest BCUT2D eigenvalue weighted by molar-refractivity contribution is 5.81. The second-order valence-corrected chi connectivity index (χ2v) is 4.60. The standard InChI is InChI=1S/C15H26O4/c1-4-7-8-9-10-15(17)19-12-13(5-2)11-18-14(16)6-3/h6,13H,3-5,7-12H2,1-2H3. The van der Waals surface area contributed by atoms with Crippen molar-refractivity contribution in [3.63, 3.8) is 0 Å². The summed E-state index contributed by atoms with van der Waals surface area (Å²) in [6, 6.07) is 0. The van der Waals surface area contributed by atoms with E-state index in [1.165, 1.54) is 0 Å². The average Bonchev–Trinajstić information content (AvgIpc) is 2.43. The highest BCUT2D eigenvalue weighted by Crippen LogP contribution is 2.07. The fourth-order valence-electron chi connectivity index (χ4n) is 1.52. The Hall–Kier alpha value is -1.32. The Morgan fingerprint density at radius 1 is 1.11 bits per heavy atom. The van der Waals surface area contributed by atoms with Gasteiger partial charge in [-0.05, 0) is 12.8 Å². The van der Waals surface area contributed by atoms with Crippen LogP contribution in [-0.4, -0.2) is 25.2 Å². The van der Waals surface area contributed by atoms with Gasteiger partial charge in [-0.2, -0.15) is 0 Å². The summed E-state index contributed by atoms with van der Waals surface area (Å²) in [5.74, 6) is -0.544. The number of hydrogen-bond acceptors (Lipinski definition) is 4. The third-order valence-electron chi connectivity index (χ3n) is 2.92. The van der Waals surface area contributed by atoms with Gasteiger partial charge in [0.2, 0.25) is 0 Å². The van der Waals surface area contributed by atoms with E-state index >= 15 is 0 Å². The van der Waals surface area contributed by atoms with Crippen LogP contribution in [-0.2, 0) is 19.1 Å². The number of rotatable bonds is 11. The number of esters is 2. The molecule has 0 heterocycles. The molecule has 0 bridgehead atoms. The van der Waals surface area contributed by atoms with Crippen molar-refractivity contribution in [3.05, 3.63) is 12.7 Å². The van der Waals surface area contributed by atoms with Gasteiger partial charge in [-0.3, -0.25) is 4.79 Å². The molecule has 4 nitrogen and oxygen atoms in total. The molecule has 0 aromatic rings. The fraction of sp³-hybridized carbons (Fsp3) is 0.733. The van der Waals surface area contributed by atoms with Crippen LogP contribution in [0, 0.1) is 5.92 Å². The zero-order valence-corrected chi connectivity index (χ0v) is 12.2. The quantitative estimate of drug-likeness (QED) is 0.328. The maximum absolute atomic E-state index is 11.5. The molecule has 0 spiro atoms. The first-order valence-electron chi connectivity index (χ1n) is 7.08. The van der Waals surface area contributed by atoms with E-state index in [2.05, 4.69) is 13.5 Å². The molecular formula is C15H26O4. The van der Waals surface area contributed by atoms with E-state index in [1.54, 1.807) is 0 Å². The summed E-state index contributed by atoms with van der Waals surface area (Å²) in [4.78, 5) is 22.4. The topological polar surface area (TPSA) is 52.6 Å². The Bertz CT molecular complexity index is 273. The van der Waals surface area contributed by atoms with Gasteiger partial charge in [0.05, 0.1) is 13.2 Å². The molecule has 0 aliphatic heterocycles. The number of hydrogen-bond donors (Lipinski definition) is 0. The van der Waals surface area contributed by atoms with Crippen molar-refractivity contribution in [1.82, 2.24) is 0 Å². The van der Waals surface area contributed by atoms with Gasteiger partial charge >= 0.3 is 11.9 Å². The maximum atomic E-state index is 11.5. The minimum Gasteiger partial charge on any atom is -0.465 e. The molecular weight excluding hydrogens is 244 g/mol. The van der Waals surface area contributed by atoms with Crippen molar-refractivity contribution < 1.29 is 19.1 Å². The lowest BCUT2D eigenvalue weighted by atomic mass is 10.1. The molecule has 0 aliphatic rings. The first kappa shape index (κ1) is 17.7. The molecule has 19 heavy (non-hydrogen) atoms. The molecule has 0 rings (SSSR count). The first-order chi connectivity index (χ1) is 9.13. The van der Waals surface area contributed by atoms with Crippen molar-refractivity contribution in [3.8, 4) is 0 Å². The van der Waals surface area contributed by atoms with Gasteiger partial charge in [0.25, 0.3) is 0 Å². The van der Waals surface area contributed by atoms with Crippen LogP contribution >= 0.6 is 0 Å². The molecule has 0 aromatic carbocycles. The normalized spacial score (nSPS) is 11.7. The van der Waals surface area contributed by atoms with Crippen molar-refractivity contribution in [2.24, 2.45) is 5.92 Å². The van der Waals surface area contributed by atoms with Gasteiger partial charge in [0.15, 0.2) is 0 Å². The van der Waals surface area contributed by atoms with Crippen molar-refractivity contribution in [2.75, 3.05) is 13.2 Å². The summed E-state index contributed by atoms with van der Waals surface area (Å²) in [5.41, 5.74) is 0. The van der Waals surface area contributed by atoms with Crippen LogP contribution in [0.4, 0.5) is 0 Å². The van der Waals surface area contributed by atoms with E-state index in [1.807, 2.05) is 6.92 Å². The van der Waals surface area contributed by atoms with E-state index in [9.17, 15) is 9.59 Å². The van der Waals surface area contributed by atoms with Crippen LogP contribution in [0.2, 0.25) is 0 Å². The van der Waals surface area contributed by atoms with E-state index in [-0.39, 0.29) is 18.5 Å². The van der Waals surface area contributed by atoms with Crippen LogP contribution in [0.3, 0.4) is 0 Å². The molecule has 0 aliphatic carbocycles. The maximum Gasteiger partial charge on any atom is 0.330 e.